The number of ether oxygens (including phenoxy) is 1. The van der Waals surface area contributed by atoms with Gasteiger partial charge in [-0.1, -0.05) is 32.9 Å². The largest absolute Gasteiger partial charge is 0.497 e. The summed E-state index contributed by atoms with van der Waals surface area (Å²) < 4.78 is 5.37. The Morgan fingerprint density at radius 1 is 1.35 bits per heavy atom. The molecule has 1 aromatic carbocycles. The van der Waals surface area contributed by atoms with Crippen LogP contribution in [-0.4, -0.2) is 56.7 Å². The molecule has 2 rings (SSSR count). The van der Waals surface area contributed by atoms with Crippen molar-refractivity contribution in [2.24, 2.45) is 10.9 Å². The number of hydrogen-bond donors (Lipinski definition) is 2. The van der Waals surface area contributed by atoms with Crippen LogP contribution in [0.4, 0.5) is 0 Å². The minimum absolute atomic E-state index is 0.0303. The Balaban J connectivity index is 1.95. The van der Waals surface area contributed by atoms with E-state index in [1.54, 1.807) is 7.11 Å². The average molecular weight is 361 g/mol. The molecule has 1 fully saturated rings. The first kappa shape index (κ1) is 20.6. The first-order valence-electron chi connectivity index (χ1n) is 9.62. The summed E-state index contributed by atoms with van der Waals surface area (Å²) >= 11 is 0. The molecule has 1 heterocycles. The molecule has 0 spiro atoms. The fourth-order valence-corrected chi connectivity index (χ4v) is 3.43. The normalized spacial score (nSPS) is 21.9. The standard InChI is InChI=1S/C21H36N4O/c1-15(2)25-12-16(3)19(13-25)24-20(22-6)23-14-21(4,5)17-9-8-10-18(11-17)26-7/h8-11,15-16,19H,12-14H2,1-7H3,(H2,22,23,24). The van der Waals surface area contributed by atoms with Crippen LogP contribution >= 0.6 is 0 Å². The van der Waals surface area contributed by atoms with Gasteiger partial charge in [0.25, 0.3) is 0 Å². The van der Waals surface area contributed by atoms with Gasteiger partial charge in [-0.05, 0) is 37.5 Å². The van der Waals surface area contributed by atoms with Crippen molar-refractivity contribution in [1.29, 1.82) is 0 Å². The summed E-state index contributed by atoms with van der Waals surface area (Å²) in [6, 6.07) is 9.31. The molecule has 0 radical (unpaired) electrons. The van der Waals surface area contributed by atoms with E-state index in [0.717, 1.165) is 31.3 Å². The topological polar surface area (TPSA) is 48.9 Å². The predicted molar refractivity (Wildman–Crippen MR) is 110 cm³/mol. The molecule has 0 amide bonds. The second-order valence-corrected chi connectivity index (χ2v) is 8.32. The molecule has 0 bridgehead atoms. The lowest BCUT2D eigenvalue weighted by atomic mass is 9.84. The Morgan fingerprint density at radius 2 is 2.08 bits per heavy atom. The molecule has 0 aromatic heterocycles. The van der Waals surface area contributed by atoms with E-state index in [-0.39, 0.29) is 5.41 Å². The van der Waals surface area contributed by atoms with Crippen LogP contribution in [0.3, 0.4) is 0 Å². The zero-order chi connectivity index (χ0) is 19.3. The molecule has 2 N–H and O–H groups in total. The molecule has 0 aliphatic carbocycles. The molecule has 1 saturated heterocycles. The second-order valence-electron chi connectivity index (χ2n) is 8.32. The highest BCUT2D eigenvalue weighted by Gasteiger charge is 2.31. The van der Waals surface area contributed by atoms with E-state index in [0.29, 0.717) is 18.0 Å². The maximum absolute atomic E-state index is 5.37. The lowest BCUT2D eigenvalue weighted by Crippen LogP contribution is -2.49. The quantitative estimate of drug-likeness (QED) is 0.605. The summed E-state index contributed by atoms with van der Waals surface area (Å²) in [5.74, 6) is 2.39. The van der Waals surface area contributed by atoms with Gasteiger partial charge in [-0.25, -0.2) is 0 Å². The maximum Gasteiger partial charge on any atom is 0.191 e. The van der Waals surface area contributed by atoms with E-state index in [9.17, 15) is 0 Å². The van der Waals surface area contributed by atoms with Gasteiger partial charge >= 0.3 is 0 Å². The SMILES string of the molecule is CN=C(NCC(C)(C)c1cccc(OC)c1)NC1CN(C(C)C)CC1C. The second kappa shape index (κ2) is 8.76. The molecule has 1 aromatic rings. The zero-order valence-corrected chi connectivity index (χ0v) is 17.5. The fourth-order valence-electron chi connectivity index (χ4n) is 3.43. The van der Waals surface area contributed by atoms with Crippen LogP contribution < -0.4 is 15.4 Å². The first-order valence-corrected chi connectivity index (χ1v) is 9.62. The van der Waals surface area contributed by atoms with Crippen LogP contribution in [0.5, 0.6) is 5.75 Å². The average Bonchev–Trinajstić information content (AvgIpc) is 2.99. The van der Waals surface area contributed by atoms with Gasteiger partial charge in [-0.3, -0.25) is 9.89 Å². The Bertz CT molecular complexity index is 612. The molecule has 26 heavy (non-hydrogen) atoms. The van der Waals surface area contributed by atoms with Crippen LogP contribution in [0.25, 0.3) is 0 Å². The number of guanidine groups is 1. The smallest absolute Gasteiger partial charge is 0.191 e. The van der Waals surface area contributed by atoms with Gasteiger partial charge in [-0.15, -0.1) is 0 Å². The third-order valence-corrected chi connectivity index (χ3v) is 5.47. The predicted octanol–water partition coefficient (Wildman–Crippen LogP) is 2.87. The van der Waals surface area contributed by atoms with Gasteiger partial charge < -0.3 is 15.4 Å². The van der Waals surface area contributed by atoms with Gasteiger partial charge in [0.2, 0.25) is 0 Å². The summed E-state index contributed by atoms with van der Waals surface area (Å²) in [6.07, 6.45) is 0. The van der Waals surface area contributed by atoms with Crippen molar-refractivity contribution in [2.45, 2.75) is 52.1 Å². The first-order chi connectivity index (χ1) is 12.3. The molecule has 1 aliphatic rings. The molecule has 2 unspecified atom stereocenters. The Morgan fingerprint density at radius 3 is 2.65 bits per heavy atom. The molecule has 2 atom stereocenters. The number of nitrogens with zero attached hydrogens (tertiary/aromatic N) is 2. The number of likely N-dealkylation sites (tertiary alicyclic amines) is 1. The van der Waals surface area contributed by atoms with Gasteiger partial charge in [-0.2, -0.15) is 0 Å². The number of benzene rings is 1. The van der Waals surface area contributed by atoms with Crippen LogP contribution in [0.1, 0.15) is 40.2 Å². The number of rotatable bonds is 6. The van der Waals surface area contributed by atoms with Crippen LogP contribution in [0.15, 0.2) is 29.3 Å². The van der Waals surface area contributed by atoms with E-state index >= 15 is 0 Å². The summed E-state index contributed by atoms with van der Waals surface area (Å²) in [4.78, 5) is 6.96. The van der Waals surface area contributed by atoms with Gasteiger partial charge in [0.1, 0.15) is 5.75 Å². The van der Waals surface area contributed by atoms with E-state index in [1.807, 2.05) is 19.2 Å². The molecule has 0 saturated carbocycles. The summed E-state index contributed by atoms with van der Waals surface area (Å²) in [5.41, 5.74) is 1.22. The van der Waals surface area contributed by atoms with Gasteiger partial charge in [0, 0.05) is 44.2 Å². The summed E-state index contributed by atoms with van der Waals surface area (Å²) in [7, 11) is 3.55. The highest BCUT2D eigenvalue weighted by atomic mass is 16.5. The van der Waals surface area contributed by atoms with Crippen molar-refractivity contribution >= 4 is 5.96 Å². The van der Waals surface area contributed by atoms with Crippen molar-refractivity contribution in [3.63, 3.8) is 0 Å². The van der Waals surface area contributed by atoms with Crippen LogP contribution in [0.2, 0.25) is 0 Å². The fraction of sp³-hybridized carbons (Fsp3) is 0.667. The zero-order valence-electron chi connectivity index (χ0n) is 17.5. The molecular weight excluding hydrogens is 324 g/mol. The molecule has 146 valence electrons. The lowest BCUT2D eigenvalue weighted by molar-refractivity contribution is 0.265. The molecule has 5 heteroatoms. The number of methoxy groups -OCH3 is 1. The summed E-state index contributed by atoms with van der Waals surface area (Å²) in [5, 5.41) is 7.14. The highest BCUT2D eigenvalue weighted by molar-refractivity contribution is 5.80. The Labute approximate surface area is 159 Å². The number of nitrogens with one attached hydrogen (secondary N) is 2. The van der Waals surface area contributed by atoms with Crippen molar-refractivity contribution in [3.8, 4) is 5.75 Å². The minimum atomic E-state index is -0.0303. The van der Waals surface area contributed by atoms with E-state index in [1.165, 1.54) is 5.56 Å². The Kier molecular flexibility index (Phi) is 6.93. The third-order valence-electron chi connectivity index (χ3n) is 5.47. The maximum atomic E-state index is 5.37. The number of aliphatic imine (C=N–C) groups is 1. The highest BCUT2D eigenvalue weighted by Crippen LogP contribution is 2.26. The number of hydrogen-bond acceptors (Lipinski definition) is 3. The monoisotopic (exact) mass is 360 g/mol. The Hall–Kier alpha value is -1.75. The molecular formula is C21H36N4O. The molecule has 1 aliphatic heterocycles. The minimum Gasteiger partial charge on any atom is -0.497 e. The van der Waals surface area contributed by atoms with Gasteiger partial charge in [0.05, 0.1) is 7.11 Å². The van der Waals surface area contributed by atoms with Crippen molar-refractivity contribution in [3.05, 3.63) is 29.8 Å². The van der Waals surface area contributed by atoms with Crippen molar-refractivity contribution in [2.75, 3.05) is 33.8 Å². The van der Waals surface area contributed by atoms with Crippen molar-refractivity contribution < 1.29 is 4.74 Å². The van der Waals surface area contributed by atoms with Crippen LogP contribution in [-0.2, 0) is 5.41 Å². The van der Waals surface area contributed by atoms with Crippen LogP contribution in [0, 0.1) is 5.92 Å². The summed E-state index contributed by atoms with van der Waals surface area (Å²) in [6.45, 7) is 14.3. The van der Waals surface area contributed by atoms with E-state index < -0.39 is 0 Å². The molecule has 5 nitrogen and oxygen atoms in total. The lowest BCUT2D eigenvalue weighted by Gasteiger charge is -2.28. The van der Waals surface area contributed by atoms with Crippen molar-refractivity contribution in [1.82, 2.24) is 15.5 Å². The van der Waals surface area contributed by atoms with E-state index in [4.69, 9.17) is 4.74 Å². The van der Waals surface area contributed by atoms with Gasteiger partial charge in [0.15, 0.2) is 5.96 Å². The third kappa shape index (κ3) is 5.13. The van der Waals surface area contributed by atoms with E-state index in [2.05, 4.69) is 67.3 Å².